The molecular weight excluding hydrogens is 296 g/mol. The van der Waals surface area contributed by atoms with Gasteiger partial charge in [0, 0.05) is 12.6 Å². The Kier molecular flexibility index (Phi) is 3.69. The predicted octanol–water partition coefficient (Wildman–Crippen LogP) is 2.08. The minimum Gasteiger partial charge on any atom is -0.478 e. The SMILES string of the molecule is CN1CCCC(Nc2nc3nc(Cl)cc(C(=O)O)c3o2)C1. The Morgan fingerprint density at radius 3 is 3.10 bits per heavy atom. The number of likely N-dealkylation sites (N-methyl/N-ethyl adjacent to an activating group) is 1. The number of anilines is 1. The number of carbonyl (C=O) groups is 1. The lowest BCUT2D eigenvalue weighted by molar-refractivity contribution is 0.0698. The molecule has 1 aliphatic rings. The Balaban J connectivity index is 1.90. The molecule has 1 unspecified atom stereocenters. The van der Waals surface area contributed by atoms with Crippen molar-refractivity contribution < 1.29 is 14.3 Å². The second-order valence-corrected chi connectivity index (χ2v) is 5.60. The van der Waals surface area contributed by atoms with Crippen molar-refractivity contribution in [2.75, 3.05) is 25.5 Å². The molecule has 1 aliphatic heterocycles. The zero-order valence-electron chi connectivity index (χ0n) is 11.5. The first-order valence-electron chi connectivity index (χ1n) is 6.68. The average molecular weight is 311 g/mol. The summed E-state index contributed by atoms with van der Waals surface area (Å²) in [7, 11) is 2.06. The van der Waals surface area contributed by atoms with Crippen molar-refractivity contribution in [3.63, 3.8) is 0 Å². The van der Waals surface area contributed by atoms with E-state index in [1.54, 1.807) is 0 Å². The number of oxazole rings is 1. The zero-order chi connectivity index (χ0) is 15.0. The quantitative estimate of drug-likeness (QED) is 0.838. The molecule has 0 bridgehead atoms. The average Bonchev–Trinajstić information content (AvgIpc) is 2.79. The van der Waals surface area contributed by atoms with Crippen LogP contribution in [0.15, 0.2) is 10.5 Å². The number of rotatable bonds is 3. The second kappa shape index (κ2) is 5.50. The van der Waals surface area contributed by atoms with Gasteiger partial charge < -0.3 is 19.7 Å². The van der Waals surface area contributed by atoms with Gasteiger partial charge in [-0.25, -0.2) is 9.78 Å². The normalized spacial score (nSPS) is 19.8. The molecule has 2 aromatic rings. The van der Waals surface area contributed by atoms with Gasteiger partial charge in [-0.05, 0) is 32.5 Å². The molecule has 3 rings (SSSR count). The summed E-state index contributed by atoms with van der Waals surface area (Å²) in [6, 6.07) is 1.76. The Bertz CT molecular complexity index is 687. The first-order valence-corrected chi connectivity index (χ1v) is 7.06. The van der Waals surface area contributed by atoms with Crippen LogP contribution in [0.1, 0.15) is 23.2 Å². The molecule has 1 saturated heterocycles. The van der Waals surface area contributed by atoms with Crippen LogP contribution in [0.2, 0.25) is 5.15 Å². The molecule has 1 atom stereocenters. The van der Waals surface area contributed by atoms with Gasteiger partial charge in [0.25, 0.3) is 6.01 Å². The fourth-order valence-electron chi connectivity index (χ4n) is 2.56. The van der Waals surface area contributed by atoms with Crippen molar-refractivity contribution in [3.05, 3.63) is 16.8 Å². The van der Waals surface area contributed by atoms with Gasteiger partial charge >= 0.3 is 5.97 Å². The van der Waals surface area contributed by atoms with Crippen molar-refractivity contribution in [1.29, 1.82) is 0 Å². The third-order valence-electron chi connectivity index (χ3n) is 3.51. The summed E-state index contributed by atoms with van der Waals surface area (Å²) in [5, 5.41) is 12.4. The minimum absolute atomic E-state index is 0.0358. The van der Waals surface area contributed by atoms with Gasteiger partial charge in [0.05, 0.1) is 0 Å². The van der Waals surface area contributed by atoms with E-state index in [1.807, 2.05) is 0 Å². The van der Waals surface area contributed by atoms with E-state index in [-0.39, 0.29) is 34.0 Å². The van der Waals surface area contributed by atoms with Gasteiger partial charge in [0.15, 0.2) is 5.58 Å². The maximum atomic E-state index is 11.2. The standard InChI is InChI=1S/C13H15ClN4O3/c1-18-4-2-3-7(6-18)15-13-17-11-10(21-13)8(12(19)20)5-9(14)16-11/h5,7H,2-4,6H2,1H3,(H,19,20)(H,15,16,17). The van der Waals surface area contributed by atoms with Crippen molar-refractivity contribution in [2.45, 2.75) is 18.9 Å². The molecule has 112 valence electrons. The molecule has 7 nitrogen and oxygen atoms in total. The number of aromatic nitrogens is 2. The summed E-state index contributed by atoms with van der Waals surface area (Å²) in [6.45, 7) is 1.96. The highest BCUT2D eigenvalue weighted by atomic mass is 35.5. The molecule has 0 amide bonds. The Morgan fingerprint density at radius 2 is 2.38 bits per heavy atom. The van der Waals surface area contributed by atoms with Crippen LogP contribution in [0.25, 0.3) is 11.2 Å². The third kappa shape index (κ3) is 2.93. The lowest BCUT2D eigenvalue weighted by Gasteiger charge is -2.29. The number of likely N-dealkylation sites (tertiary alicyclic amines) is 1. The van der Waals surface area contributed by atoms with Crippen LogP contribution in [0, 0.1) is 0 Å². The monoisotopic (exact) mass is 310 g/mol. The van der Waals surface area contributed by atoms with Crippen LogP contribution in [-0.2, 0) is 0 Å². The van der Waals surface area contributed by atoms with E-state index in [0.717, 1.165) is 25.9 Å². The summed E-state index contributed by atoms with van der Waals surface area (Å²) < 4.78 is 5.51. The molecule has 0 spiro atoms. The van der Waals surface area contributed by atoms with Crippen LogP contribution >= 0.6 is 11.6 Å². The van der Waals surface area contributed by atoms with Gasteiger partial charge in [0.2, 0.25) is 5.65 Å². The zero-order valence-corrected chi connectivity index (χ0v) is 12.2. The highest BCUT2D eigenvalue weighted by Gasteiger charge is 2.21. The van der Waals surface area contributed by atoms with Crippen LogP contribution in [-0.4, -0.2) is 52.1 Å². The number of carboxylic acid groups (broad SMARTS) is 1. The van der Waals surface area contributed by atoms with Crippen LogP contribution in [0.4, 0.5) is 6.01 Å². The number of fused-ring (bicyclic) bond motifs is 1. The predicted molar refractivity (Wildman–Crippen MR) is 77.9 cm³/mol. The van der Waals surface area contributed by atoms with Crippen molar-refractivity contribution in [1.82, 2.24) is 14.9 Å². The largest absolute Gasteiger partial charge is 0.478 e. The van der Waals surface area contributed by atoms with Crippen molar-refractivity contribution >= 4 is 34.8 Å². The number of pyridine rings is 1. The molecule has 0 aliphatic carbocycles. The fraction of sp³-hybridized carbons (Fsp3) is 0.462. The molecule has 0 radical (unpaired) electrons. The van der Waals surface area contributed by atoms with E-state index in [9.17, 15) is 9.90 Å². The fourth-order valence-corrected chi connectivity index (χ4v) is 2.75. The summed E-state index contributed by atoms with van der Waals surface area (Å²) in [4.78, 5) is 21.6. The maximum Gasteiger partial charge on any atom is 0.339 e. The van der Waals surface area contributed by atoms with Gasteiger partial charge in [-0.15, -0.1) is 0 Å². The third-order valence-corrected chi connectivity index (χ3v) is 3.71. The van der Waals surface area contributed by atoms with E-state index < -0.39 is 5.97 Å². The Morgan fingerprint density at radius 1 is 1.57 bits per heavy atom. The molecule has 0 aromatic carbocycles. The number of carboxylic acids is 1. The molecule has 3 heterocycles. The van der Waals surface area contributed by atoms with Gasteiger partial charge in [-0.1, -0.05) is 11.6 Å². The summed E-state index contributed by atoms with van der Waals surface area (Å²) in [5.74, 6) is -1.12. The molecule has 0 saturated carbocycles. The lowest BCUT2D eigenvalue weighted by atomic mass is 10.1. The van der Waals surface area contributed by atoms with E-state index in [1.165, 1.54) is 6.07 Å². The minimum atomic E-state index is -1.12. The number of aromatic carboxylic acids is 1. The Labute approximate surface area is 125 Å². The second-order valence-electron chi connectivity index (χ2n) is 5.22. The number of halogens is 1. The van der Waals surface area contributed by atoms with Crippen molar-refractivity contribution in [2.24, 2.45) is 0 Å². The van der Waals surface area contributed by atoms with E-state index in [2.05, 4.69) is 27.2 Å². The number of nitrogens with one attached hydrogen (secondary N) is 1. The summed E-state index contributed by atoms with van der Waals surface area (Å²) in [5.41, 5.74) is 0.302. The van der Waals surface area contributed by atoms with Crippen LogP contribution < -0.4 is 5.32 Å². The highest BCUT2D eigenvalue weighted by molar-refractivity contribution is 6.30. The molecule has 2 N–H and O–H groups in total. The smallest absolute Gasteiger partial charge is 0.339 e. The summed E-state index contributed by atoms with van der Waals surface area (Å²) >= 11 is 5.80. The topological polar surface area (TPSA) is 91.5 Å². The molecule has 21 heavy (non-hydrogen) atoms. The van der Waals surface area contributed by atoms with E-state index in [0.29, 0.717) is 0 Å². The van der Waals surface area contributed by atoms with E-state index in [4.69, 9.17) is 16.0 Å². The lowest BCUT2D eigenvalue weighted by Crippen LogP contribution is -2.39. The number of hydrogen-bond donors (Lipinski definition) is 2. The molecule has 2 aromatic heterocycles. The number of hydrogen-bond acceptors (Lipinski definition) is 6. The molecular formula is C13H15ClN4O3. The Hall–Kier alpha value is -1.86. The van der Waals surface area contributed by atoms with Crippen LogP contribution in [0.3, 0.4) is 0 Å². The molecule has 8 heteroatoms. The van der Waals surface area contributed by atoms with Gasteiger partial charge in [0.1, 0.15) is 10.7 Å². The number of piperidine rings is 1. The van der Waals surface area contributed by atoms with Crippen LogP contribution in [0.5, 0.6) is 0 Å². The first-order chi connectivity index (χ1) is 10.0. The van der Waals surface area contributed by atoms with E-state index >= 15 is 0 Å². The first kappa shape index (κ1) is 14.1. The summed E-state index contributed by atoms with van der Waals surface area (Å²) in [6.07, 6.45) is 2.11. The van der Waals surface area contributed by atoms with Gasteiger partial charge in [-0.3, -0.25) is 0 Å². The molecule has 1 fully saturated rings. The van der Waals surface area contributed by atoms with Crippen molar-refractivity contribution in [3.8, 4) is 0 Å². The van der Waals surface area contributed by atoms with Gasteiger partial charge in [-0.2, -0.15) is 4.98 Å². The number of nitrogens with zero attached hydrogens (tertiary/aromatic N) is 3. The maximum absolute atomic E-state index is 11.2. The highest BCUT2D eigenvalue weighted by Crippen LogP contribution is 2.25.